The van der Waals surface area contributed by atoms with Crippen LogP contribution in [0.2, 0.25) is 0 Å². The van der Waals surface area contributed by atoms with Crippen LogP contribution in [-0.4, -0.2) is 79.1 Å². The average Bonchev–Trinajstić information content (AvgIpc) is 2.68. The zero-order valence-corrected chi connectivity index (χ0v) is 14.3. The van der Waals surface area contributed by atoms with E-state index in [1.165, 1.54) is 0 Å². The Hall–Kier alpha value is -2.26. The molecule has 2 aromatic heterocycles. The lowest BCUT2D eigenvalue weighted by atomic mass is 10.3. The Morgan fingerprint density at radius 1 is 0.880 bits per heavy atom. The predicted octanol–water partition coefficient (Wildman–Crippen LogP) is 0.492. The molecule has 2 saturated heterocycles. The highest BCUT2D eigenvalue weighted by Crippen LogP contribution is 2.30. The second-order valence-electron chi connectivity index (χ2n) is 5.86. The van der Waals surface area contributed by atoms with E-state index in [9.17, 15) is 0 Å². The number of morpholine rings is 2. The van der Waals surface area contributed by atoms with Crippen LogP contribution in [0.15, 0.2) is 6.33 Å². The van der Waals surface area contributed by atoms with Crippen molar-refractivity contribution in [2.24, 2.45) is 0 Å². The van der Waals surface area contributed by atoms with Crippen LogP contribution < -0.4 is 14.5 Å². The fourth-order valence-corrected chi connectivity index (χ4v) is 3.10. The maximum atomic E-state index is 5.61. The van der Waals surface area contributed by atoms with E-state index in [1.807, 2.05) is 6.92 Å². The zero-order chi connectivity index (χ0) is 17.1. The topological polar surface area (TPSA) is 85.7 Å². The van der Waals surface area contributed by atoms with E-state index in [4.69, 9.17) is 14.2 Å². The van der Waals surface area contributed by atoms with Crippen molar-refractivity contribution in [1.29, 1.82) is 0 Å². The van der Waals surface area contributed by atoms with Crippen molar-refractivity contribution in [3.05, 3.63) is 6.33 Å². The van der Waals surface area contributed by atoms with Gasteiger partial charge in [-0.2, -0.15) is 9.97 Å². The molecule has 0 saturated carbocycles. The fraction of sp³-hybridized carbons (Fsp3) is 0.625. The number of rotatable bonds is 4. The summed E-state index contributed by atoms with van der Waals surface area (Å²) >= 11 is 0. The van der Waals surface area contributed by atoms with Gasteiger partial charge in [0.25, 0.3) is 0 Å². The Kier molecular flexibility index (Phi) is 4.75. The van der Waals surface area contributed by atoms with Gasteiger partial charge in [0.1, 0.15) is 17.4 Å². The highest BCUT2D eigenvalue weighted by atomic mass is 16.5. The molecule has 2 aromatic rings. The first-order chi connectivity index (χ1) is 12.4. The van der Waals surface area contributed by atoms with Crippen LogP contribution in [0.5, 0.6) is 6.01 Å². The highest BCUT2D eigenvalue weighted by Gasteiger charge is 2.23. The number of nitrogens with zero attached hydrogens (tertiary/aromatic N) is 6. The monoisotopic (exact) mass is 346 g/mol. The van der Waals surface area contributed by atoms with E-state index < -0.39 is 0 Å². The molecule has 9 heteroatoms. The molecule has 25 heavy (non-hydrogen) atoms. The highest BCUT2D eigenvalue weighted by molar-refractivity contribution is 5.93. The molecular weight excluding hydrogens is 324 g/mol. The van der Waals surface area contributed by atoms with E-state index >= 15 is 0 Å². The summed E-state index contributed by atoms with van der Waals surface area (Å²) in [6.45, 7) is 8.27. The minimum absolute atomic E-state index is 0.362. The molecular formula is C16H22N6O3. The van der Waals surface area contributed by atoms with Gasteiger partial charge in [0.15, 0.2) is 11.6 Å². The van der Waals surface area contributed by atoms with Gasteiger partial charge >= 0.3 is 6.01 Å². The van der Waals surface area contributed by atoms with Gasteiger partial charge in [0.2, 0.25) is 0 Å². The molecule has 134 valence electrons. The SMILES string of the molecule is CCOc1nc(N2CCOCC2)c2ncnc(N3CCOCC3)c2n1. The van der Waals surface area contributed by atoms with Gasteiger partial charge in [0, 0.05) is 26.2 Å². The first-order valence-corrected chi connectivity index (χ1v) is 8.67. The third-order valence-electron chi connectivity index (χ3n) is 4.32. The number of anilines is 2. The second-order valence-corrected chi connectivity index (χ2v) is 5.86. The molecule has 2 aliphatic heterocycles. The van der Waals surface area contributed by atoms with E-state index in [1.54, 1.807) is 6.33 Å². The maximum Gasteiger partial charge on any atom is 0.319 e. The Bertz CT molecular complexity index is 731. The first-order valence-electron chi connectivity index (χ1n) is 8.67. The Morgan fingerprint density at radius 2 is 1.52 bits per heavy atom. The van der Waals surface area contributed by atoms with Crippen molar-refractivity contribution in [2.45, 2.75) is 6.92 Å². The van der Waals surface area contributed by atoms with Gasteiger partial charge in [-0.1, -0.05) is 0 Å². The molecule has 0 unspecified atom stereocenters. The lowest BCUT2D eigenvalue weighted by molar-refractivity contribution is 0.122. The average molecular weight is 346 g/mol. The lowest BCUT2D eigenvalue weighted by Gasteiger charge is -2.30. The molecule has 4 heterocycles. The largest absolute Gasteiger partial charge is 0.464 e. The van der Waals surface area contributed by atoms with E-state index in [-0.39, 0.29) is 0 Å². The number of hydrogen-bond acceptors (Lipinski definition) is 9. The van der Waals surface area contributed by atoms with Crippen molar-refractivity contribution < 1.29 is 14.2 Å². The first kappa shape index (κ1) is 16.2. The van der Waals surface area contributed by atoms with Crippen LogP contribution in [0.4, 0.5) is 11.6 Å². The van der Waals surface area contributed by atoms with Crippen LogP contribution in [0.3, 0.4) is 0 Å². The normalized spacial score (nSPS) is 18.6. The molecule has 0 radical (unpaired) electrons. The Labute approximate surface area is 145 Å². The van der Waals surface area contributed by atoms with Gasteiger partial charge in [-0.05, 0) is 6.92 Å². The molecule has 0 amide bonds. The molecule has 0 spiro atoms. The van der Waals surface area contributed by atoms with Crippen LogP contribution >= 0.6 is 0 Å². The number of aromatic nitrogens is 4. The minimum atomic E-state index is 0.362. The van der Waals surface area contributed by atoms with Gasteiger partial charge in [-0.25, -0.2) is 9.97 Å². The molecule has 0 aromatic carbocycles. The lowest BCUT2D eigenvalue weighted by Crippen LogP contribution is -2.38. The van der Waals surface area contributed by atoms with Gasteiger partial charge < -0.3 is 24.0 Å². The summed E-state index contributed by atoms with van der Waals surface area (Å²) in [5.74, 6) is 1.60. The van der Waals surface area contributed by atoms with Crippen LogP contribution in [0.1, 0.15) is 6.92 Å². The van der Waals surface area contributed by atoms with Crippen LogP contribution in [0, 0.1) is 0 Å². The van der Waals surface area contributed by atoms with Crippen molar-refractivity contribution in [1.82, 2.24) is 19.9 Å². The number of fused-ring (bicyclic) bond motifs is 1. The molecule has 2 fully saturated rings. The number of ether oxygens (including phenoxy) is 3. The quantitative estimate of drug-likeness (QED) is 0.785. The Morgan fingerprint density at radius 3 is 2.16 bits per heavy atom. The Balaban J connectivity index is 1.82. The summed E-state index contributed by atoms with van der Waals surface area (Å²) in [4.78, 5) is 22.5. The summed E-state index contributed by atoms with van der Waals surface area (Å²) in [5.41, 5.74) is 1.48. The molecule has 0 atom stereocenters. The third-order valence-corrected chi connectivity index (χ3v) is 4.32. The fourth-order valence-electron chi connectivity index (χ4n) is 3.10. The van der Waals surface area contributed by atoms with Crippen molar-refractivity contribution in [3.8, 4) is 6.01 Å². The summed E-state index contributed by atoms with van der Waals surface area (Å²) in [6.07, 6.45) is 1.58. The summed E-state index contributed by atoms with van der Waals surface area (Å²) in [6, 6.07) is 0.362. The van der Waals surface area contributed by atoms with E-state index in [0.29, 0.717) is 39.0 Å². The van der Waals surface area contributed by atoms with Crippen molar-refractivity contribution >= 4 is 22.7 Å². The van der Waals surface area contributed by atoms with Crippen LogP contribution in [0.25, 0.3) is 11.0 Å². The van der Waals surface area contributed by atoms with Gasteiger partial charge in [-0.3, -0.25) is 0 Å². The molecule has 9 nitrogen and oxygen atoms in total. The van der Waals surface area contributed by atoms with Crippen molar-refractivity contribution in [3.63, 3.8) is 0 Å². The van der Waals surface area contributed by atoms with Gasteiger partial charge in [0.05, 0.1) is 33.0 Å². The molecule has 0 bridgehead atoms. The van der Waals surface area contributed by atoms with Crippen LogP contribution in [-0.2, 0) is 9.47 Å². The van der Waals surface area contributed by atoms with Crippen molar-refractivity contribution in [2.75, 3.05) is 69.0 Å². The zero-order valence-electron chi connectivity index (χ0n) is 14.3. The summed E-state index contributed by atoms with van der Waals surface area (Å²) in [5, 5.41) is 0. The molecule has 2 aliphatic rings. The standard InChI is InChI=1S/C16H22N6O3/c1-2-25-16-19-13-12(15(20-16)22-5-9-24-10-6-22)17-11-18-14(13)21-3-7-23-8-4-21/h11H,2-10H2,1H3. The predicted molar refractivity (Wildman–Crippen MR) is 92.4 cm³/mol. The third kappa shape index (κ3) is 3.29. The molecule has 0 N–H and O–H groups in total. The maximum absolute atomic E-state index is 5.61. The van der Waals surface area contributed by atoms with E-state index in [0.717, 1.165) is 48.8 Å². The minimum Gasteiger partial charge on any atom is -0.464 e. The van der Waals surface area contributed by atoms with Gasteiger partial charge in [-0.15, -0.1) is 0 Å². The molecule has 0 aliphatic carbocycles. The number of hydrogen-bond donors (Lipinski definition) is 0. The summed E-state index contributed by atoms with van der Waals surface area (Å²) in [7, 11) is 0. The van der Waals surface area contributed by atoms with E-state index in [2.05, 4.69) is 29.7 Å². The molecule has 4 rings (SSSR count). The smallest absolute Gasteiger partial charge is 0.319 e. The second kappa shape index (κ2) is 7.32. The summed E-state index contributed by atoms with van der Waals surface area (Å²) < 4.78 is 16.5.